The Labute approximate surface area is 213 Å². The van der Waals surface area contributed by atoms with Crippen molar-refractivity contribution < 1.29 is 4.74 Å². The molecule has 0 atom stereocenters. The molecule has 0 radical (unpaired) electrons. The highest BCUT2D eigenvalue weighted by atomic mass is 16.5. The zero-order valence-corrected chi connectivity index (χ0v) is 21.3. The first-order valence-electron chi connectivity index (χ1n) is 13.0. The molecular weight excluding hydrogens is 446 g/mol. The third kappa shape index (κ3) is 5.29. The minimum absolute atomic E-state index is 0.762. The van der Waals surface area contributed by atoms with Crippen LogP contribution in [0.4, 0.5) is 5.69 Å². The average Bonchev–Trinajstić information content (AvgIpc) is 3.52. The van der Waals surface area contributed by atoms with Crippen LogP contribution in [0.3, 0.4) is 0 Å². The maximum Gasteiger partial charge on any atom is 0.0642 e. The third-order valence-electron chi connectivity index (χ3n) is 7.06. The van der Waals surface area contributed by atoms with E-state index < -0.39 is 0 Å². The first kappa shape index (κ1) is 24.1. The summed E-state index contributed by atoms with van der Waals surface area (Å²) in [5, 5.41) is 9.99. The first-order valence-corrected chi connectivity index (χ1v) is 13.0. The van der Waals surface area contributed by atoms with Gasteiger partial charge in [0.15, 0.2) is 0 Å². The number of fused-ring (bicyclic) bond motifs is 1. The summed E-state index contributed by atoms with van der Waals surface area (Å²) in [4.78, 5) is 8.11. The molecule has 1 N–H and O–H groups in total. The Hall–Kier alpha value is -3.64. The zero-order valence-electron chi connectivity index (χ0n) is 21.3. The minimum Gasteiger partial charge on any atom is -0.378 e. The lowest BCUT2D eigenvalue weighted by molar-refractivity contribution is 0.0548. The number of para-hydroxylation sites is 1. The molecule has 0 unspecified atom stereocenters. The lowest BCUT2D eigenvalue weighted by Gasteiger charge is -2.31. The van der Waals surface area contributed by atoms with Crippen LogP contribution in [0.2, 0.25) is 0 Å². The molecule has 0 spiro atoms. The SMILES string of the molecule is CCN(CC)c1ccc(C=C2CCC(C=NN=Cc3c[nH]c4ccccc34)=C2N2CCOCC2)cc1. The number of hydrogen-bond acceptors (Lipinski definition) is 5. The number of nitrogens with zero attached hydrogens (tertiary/aromatic N) is 4. The highest BCUT2D eigenvalue weighted by Gasteiger charge is 2.25. The molecule has 2 aromatic carbocycles. The maximum absolute atomic E-state index is 5.63. The molecule has 1 fully saturated rings. The second-order valence-electron chi connectivity index (χ2n) is 9.19. The van der Waals surface area contributed by atoms with Crippen molar-refractivity contribution in [3.63, 3.8) is 0 Å². The number of anilines is 1. The van der Waals surface area contributed by atoms with Gasteiger partial charge in [0, 0.05) is 60.2 Å². The molecule has 1 aromatic heterocycles. The fourth-order valence-electron chi connectivity index (χ4n) is 5.14. The van der Waals surface area contributed by atoms with Gasteiger partial charge in [-0.2, -0.15) is 10.2 Å². The van der Waals surface area contributed by atoms with Crippen molar-refractivity contribution in [1.29, 1.82) is 0 Å². The normalized spacial score (nSPS) is 17.9. The van der Waals surface area contributed by atoms with Crippen LogP contribution in [0.1, 0.15) is 37.8 Å². The molecule has 1 aliphatic heterocycles. The third-order valence-corrected chi connectivity index (χ3v) is 7.06. The molecule has 2 heterocycles. The Kier molecular flexibility index (Phi) is 7.62. The number of rotatable bonds is 8. The predicted molar refractivity (Wildman–Crippen MR) is 151 cm³/mol. The number of aromatic nitrogens is 1. The van der Waals surface area contributed by atoms with Crippen LogP contribution in [0, 0.1) is 0 Å². The summed E-state index contributed by atoms with van der Waals surface area (Å²) in [5.41, 5.74) is 8.59. The van der Waals surface area contributed by atoms with Crippen molar-refractivity contribution >= 4 is 35.1 Å². The van der Waals surface area contributed by atoms with Gasteiger partial charge in [0.05, 0.1) is 25.6 Å². The Morgan fingerprint density at radius 1 is 0.944 bits per heavy atom. The topological polar surface area (TPSA) is 56.2 Å². The second-order valence-corrected chi connectivity index (χ2v) is 9.19. The largest absolute Gasteiger partial charge is 0.378 e. The van der Waals surface area contributed by atoms with E-state index in [1.807, 2.05) is 30.8 Å². The molecule has 1 aliphatic carbocycles. The summed E-state index contributed by atoms with van der Waals surface area (Å²) in [6.07, 6.45) is 10.1. The number of ether oxygens (including phenoxy) is 1. The lowest BCUT2D eigenvalue weighted by Crippen LogP contribution is -2.36. The second kappa shape index (κ2) is 11.4. The first-order chi connectivity index (χ1) is 17.8. The number of hydrogen-bond donors (Lipinski definition) is 1. The number of aromatic amines is 1. The van der Waals surface area contributed by atoms with Gasteiger partial charge in [-0.1, -0.05) is 30.3 Å². The average molecular weight is 482 g/mol. The van der Waals surface area contributed by atoms with E-state index in [-0.39, 0.29) is 0 Å². The summed E-state index contributed by atoms with van der Waals surface area (Å²) >= 11 is 0. The van der Waals surface area contributed by atoms with Gasteiger partial charge in [0.2, 0.25) is 0 Å². The van der Waals surface area contributed by atoms with E-state index in [0.29, 0.717) is 0 Å². The van der Waals surface area contributed by atoms with Crippen molar-refractivity contribution in [3.05, 3.63) is 82.7 Å². The summed E-state index contributed by atoms with van der Waals surface area (Å²) < 4.78 is 5.63. The molecule has 6 nitrogen and oxygen atoms in total. The van der Waals surface area contributed by atoms with Gasteiger partial charge in [-0.3, -0.25) is 0 Å². The molecule has 0 saturated carbocycles. The number of benzene rings is 2. The summed E-state index contributed by atoms with van der Waals surface area (Å²) in [6.45, 7) is 9.78. The van der Waals surface area contributed by atoms with Crippen LogP contribution in [0.25, 0.3) is 17.0 Å². The monoisotopic (exact) mass is 481 g/mol. The molecule has 1 saturated heterocycles. The smallest absolute Gasteiger partial charge is 0.0642 e. The van der Waals surface area contributed by atoms with Gasteiger partial charge in [-0.15, -0.1) is 0 Å². The maximum atomic E-state index is 5.63. The van der Waals surface area contributed by atoms with Gasteiger partial charge in [0.25, 0.3) is 0 Å². The van der Waals surface area contributed by atoms with Crippen molar-refractivity contribution in [3.8, 4) is 0 Å². The van der Waals surface area contributed by atoms with E-state index in [1.54, 1.807) is 0 Å². The molecule has 186 valence electrons. The number of nitrogens with one attached hydrogen (secondary N) is 1. The molecule has 5 rings (SSSR count). The predicted octanol–water partition coefficient (Wildman–Crippen LogP) is 5.88. The van der Waals surface area contributed by atoms with Crippen molar-refractivity contribution in [2.24, 2.45) is 10.2 Å². The molecule has 2 aliphatic rings. The highest BCUT2D eigenvalue weighted by Crippen LogP contribution is 2.35. The molecule has 0 amide bonds. The van der Waals surface area contributed by atoms with Crippen LogP contribution in [0.15, 0.2) is 81.8 Å². The van der Waals surface area contributed by atoms with E-state index in [2.05, 4.69) is 81.3 Å². The van der Waals surface area contributed by atoms with E-state index in [4.69, 9.17) is 4.74 Å². The zero-order chi connectivity index (χ0) is 24.7. The molecule has 6 heteroatoms. The number of allylic oxidation sites excluding steroid dienone is 2. The lowest BCUT2D eigenvalue weighted by atomic mass is 10.1. The minimum atomic E-state index is 0.762. The van der Waals surface area contributed by atoms with Crippen LogP contribution in [0.5, 0.6) is 0 Å². The number of H-pyrrole nitrogens is 1. The summed E-state index contributed by atoms with van der Waals surface area (Å²) in [7, 11) is 0. The number of morpholine rings is 1. The quantitative estimate of drug-likeness (QED) is 0.323. The van der Waals surface area contributed by atoms with E-state index in [9.17, 15) is 0 Å². The van der Waals surface area contributed by atoms with Crippen molar-refractivity contribution in [2.45, 2.75) is 26.7 Å². The summed E-state index contributed by atoms with van der Waals surface area (Å²) in [6, 6.07) is 17.2. The van der Waals surface area contributed by atoms with Gasteiger partial charge in [-0.25, -0.2) is 0 Å². The Morgan fingerprint density at radius 3 is 2.47 bits per heavy atom. The fourth-order valence-corrected chi connectivity index (χ4v) is 5.14. The Balaban J connectivity index is 1.39. The fraction of sp³-hybridized carbons (Fsp3) is 0.333. The Bertz CT molecular complexity index is 1290. The summed E-state index contributed by atoms with van der Waals surface area (Å²) in [5.74, 6) is 0. The van der Waals surface area contributed by atoms with Crippen LogP contribution in [-0.2, 0) is 4.74 Å². The van der Waals surface area contributed by atoms with Crippen LogP contribution >= 0.6 is 0 Å². The van der Waals surface area contributed by atoms with Crippen molar-refractivity contribution in [1.82, 2.24) is 9.88 Å². The van der Waals surface area contributed by atoms with Crippen LogP contribution < -0.4 is 4.90 Å². The van der Waals surface area contributed by atoms with Gasteiger partial charge < -0.3 is 19.5 Å². The van der Waals surface area contributed by atoms with E-state index in [1.165, 1.54) is 28.1 Å². The molecular formula is C30H35N5O. The van der Waals surface area contributed by atoms with Gasteiger partial charge >= 0.3 is 0 Å². The van der Waals surface area contributed by atoms with Gasteiger partial charge in [-0.05, 0) is 67.7 Å². The molecule has 0 bridgehead atoms. The Morgan fingerprint density at radius 2 is 1.69 bits per heavy atom. The highest BCUT2D eigenvalue weighted by molar-refractivity contribution is 5.99. The van der Waals surface area contributed by atoms with Gasteiger partial charge in [0.1, 0.15) is 0 Å². The molecule has 3 aromatic rings. The standard InChI is InChI=1S/C30H35N5O/c1-3-34(4-2)27-13-9-23(10-14-27)19-24-11-12-25(30(24)35-15-17-36-18-16-35)21-32-33-22-26-20-31-29-8-6-5-7-28(26)29/h5-10,13-14,19-22,31H,3-4,11-12,15-18H2,1-2H3. The van der Waals surface area contributed by atoms with E-state index >= 15 is 0 Å². The molecule has 36 heavy (non-hydrogen) atoms. The van der Waals surface area contributed by atoms with E-state index in [0.717, 1.165) is 68.7 Å². The van der Waals surface area contributed by atoms with Crippen molar-refractivity contribution in [2.75, 3.05) is 44.3 Å². The van der Waals surface area contributed by atoms with Crippen LogP contribution in [-0.4, -0.2) is 61.7 Å².